The van der Waals surface area contributed by atoms with Crippen LogP contribution in [0.1, 0.15) is 27.0 Å². The summed E-state index contributed by atoms with van der Waals surface area (Å²) in [5.74, 6) is -2.97. The molecule has 178 valence electrons. The van der Waals surface area contributed by atoms with Crippen molar-refractivity contribution in [3.05, 3.63) is 93.8 Å². The van der Waals surface area contributed by atoms with Gasteiger partial charge in [-0.1, -0.05) is 41.4 Å². The summed E-state index contributed by atoms with van der Waals surface area (Å²) >= 11 is 6.21. The van der Waals surface area contributed by atoms with Crippen LogP contribution in [-0.4, -0.2) is 31.9 Å². The zero-order valence-corrected chi connectivity index (χ0v) is 20.0. The number of amides is 1. The molecular weight excluding hydrogens is 483 g/mol. The first-order valence-corrected chi connectivity index (χ1v) is 12.0. The van der Waals surface area contributed by atoms with Crippen molar-refractivity contribution in [1.29, 1.82) is 0 Å². The summed E-state index contributed by atoms with van der Waals surface area (Å²) in [6.07, 6.45) is 0. The Morgan fingerprint density at radius 3 is 2.38 bits per heavy atom. The number of aryl methyl sites for hydroxylation is 1. The zero-order valence-electron chi connectivity index (χ0n) is 18.4. The average Bonchev–Trinajstić information content (AvgIpc) is 2.79. The lowest BCUT2D eigenvalue weighted by Crippen LogP contribution is -2.41. The molecule has 0 aliphatic carbocycles. The quantitative estimate of drug-likeness (QED) is 0.476. The van der Waals surface area contributed by atoms with E-state index >= 15 is 0 Å². The van der Waals surface area contributed by atoms with Gasteiger partial charge in [0.1, 0.15) is 12.4 Å². The van der Waals surface area contributed by atoms with E-state index in [1.54, 1.807) is 37.3 Å². The van der Waals surface area contributed by atoms with Crippen molar-refractivity contribution in [2.75, 3.05) is 10.8 Å². The van der Waals surface area contributed by atoms with Gasteiger partial charge < -0.3 is 10.4 Å². The predicted molar refractivity (Wildman–Crippen MR) is 127 cm³/mol. The lowest BCUT2D eigenvalue weighted by Gasteiger charge is -2.26. The lowest BCUT2D eigenvalue weighted by molar-refractivity contribution is -0.119. The van der Waals surface area contributed by atoms with Gasteiger partial charge in [-0.15, -0.1) is 0 Å². The number of sulfonamides is 1. The fourth-order valence-electron chi connectivity index (χ4n) is 3.24. The molecule has 0 unspecified atom stereocenters. The van der Waals surface area contributed by atoms with Crippen LogP contribution in [0.4, 0.5) is 10.1 Å². The van der Waals surface area contributed by atoms with Gasteiger partial charge in [0.05, 0.1) is 16.1 Å². The standard InChI is InChI=1S/C24H22ClFN2O5S/c1-15-6-9-18(10-7-15)34(32,33)28(22-5-3-4-20(25)16(22)2)14-23(29)27-13-17-8-11-21(26)19(12-17)24(30)31/h3-12H,13-14H2,1-2H3,(H,27,29)(H,30,31). The third-order valence-electron chi connectivity index (χ3n) is 5.15. The Bertz CT molecular complexity index is 1340. The Morgan fingerprint density at radius 1 is 1.06 bits per heavy atom. The molecule has 0 heterocycles. The highest BCUT2D eigenvalue weighted by Gasteiger charge is 2.28. The molecule has 7 nitrogen and oxygen atoms in total. The van der Waals surface area contributed by atoms with Crippen LogP contribution < -0.4 is 9.62 Å². The minimum atomic E-state index is -4.13. The van der Waals surface area contributed by atoms with Gasteiger partial charge >= 0.3 is 5.97 Å². The SMILES string of the molecule is Cc1ccc(S(=O)(=O)N(CC(=O)NCc2ccc(F)c(C(=O)O)c2)c2cccc(Cl)c2C)cc1. The van der Waals surface area contributed by atoms with Crippen molar-refractivity contribution in [2.24, 2.45) is 0 Å². The predicted octanol–water partition coefficient (Wildman–Crippen LogP) is 4.31. The van der Waals surface area contributed by atoms with Gasteiger partial charge in [-0.05, 0) is 61.4 Å². The molecule has 3 aromatic rings. The van der Waals surface area contributed by atoms with Crippen LogP contribution >= 0.6 is 11.6 Å². The number of benzene rings is 3. The Balaban J connectivity index is 1.89. The van der Waals surface area contributed by atoms with E-state index in [0.717, 1.165) is 22.0 Å². The maximum Gasteiger partial charge on any atom is 0.338 e. The number of hydrogen-bond donors (Lipinski definition) is 2. The van der Waals surface area contributed by atoms with Gasteiger partial charge in [0.15, 0.2) is 0 Å². The molecular formula is C24H22ClFN2O5S. The lowest BCUT2D eigenvalue weighted by atomic mass is 10.1. The first kappa shape index (κ1) is 25.2. The highest BCUT2D eigenvalue weighted by Crippen LogP contribution is 2.30. The Kier molecular flexibility index (Phi) is 7.58. The van der Waals surface area contributed by atoms with Crippen molar-refractivity contribution in [3.8, 4) is 0 Å². The van der Waals surface area contributed by atoms with Crippen molar-refractivity contribution in [2.45, 2.75) is 25.3 Å². The largest absolute Gasteiger partial charge is 0.478 e. The first-order chi connectivity index (χ1) is 16.0. The number of carbonyl (C=O) groups excluding carboxylic acids is 1. The molecule has 0 saturated carbocycles. The molecule has 0 saturated heterocycles. The maximum absolute atomic E-state index is 13.6. The number of carbonyl (C=O) groups is 2. The van der Waals surface area contributed by atoms with E-state index in [1.165, 1.54) is 18.2 Å². The molecule has 3 rings (SSSR count). The molecule has 0 aliphatic rings. The number of halogens is 2. The monoisotopic (exact) mass is 504 g/mol. The van der Waals surface area contributed by atoms with Crippen molar-refractivity contribution >= 4 is 39.2 Å². The van der Waals surface area contributed by atoms with Gasteiger partial charge in [-0.25, -0.2) is 17.6 Å². The van der Waals surface area contributed by atoms with Gasteiger partial charge in [0.2, 0.25) is 5.91 Å². The summed E-state index contributed by atoms with van der Waals surface area (Å²) in [5.41, 5.74) is 1.43. The maximum atomic E-state index is 13.6. The molecule has 3 aromatic carbocycles. The van der Waals surface area contributed by atoms with E-state index in [1.807, 2.05) is 6.92 Å². The number of carboxylic acids is 1. The topological polar surface area (TPSA) is 104 Å². The van der Waals surface area contributed by atoms with Gasteiger partial charge in [0.25, 0.3) is 10.0 Å². The highest BCUT2D eigenvalue weighted by atomic mass is 35.5. The molecule has 10 heteroatoms. The number of carboxylic acid groups (broad SMARTS) is 1. The molecule has 0 aliphatic heterocycles. The summed E-state index contributed by atoms with van der Waals surface area (Å²) in [6, 6.07) is 14.4. The second-order valence-electron chi connectivity index (χ2n) is 7.60. The van der Waals surface area contributed by atoms with Gasteiger partial charge in [0, 0.05) is 11.6 Å². The minimum absolute atomic E-state index is 0.00918. The summed E-state index contributed by atoms with van der Waals surface area (Å²) in [7, 11) is -4.13. The van der Waals surface area contributed by atoms with Crippen molar-refractivity contribution in [3.63, 3.8) is 0 Å². The Hall–Kier alpha value is -3.43. The fourth-order valence-corrected chi connectivity index (χ4v) is 4.88. The zero-order chi connectivity index (χ0) is 25.0. The second kappa shape index (κ2) is 10.2. The van der Waals surface area contributed by atoms with E-state index < -0.39 is 39.8 Å². The van der Waals surface area contributed by atoms with E-state index in [2.05, 4.69) is 5.32 Å². The summed E-state index contributed by atoms with van der Waals surface area (Å²) in [6.45, 7) is 2.81. The fraction of sp³-hybridized carbons (Fsp3) is 0.167. The number of rotatable bonds is 8. The third-order valence-corrected chi connectivity index (χ3v) is 7.34. The average molecular weight is 505 g/mol. The number of anilines is 1. The minimum Gasteiger partial charge on any atom is -0.478 e. The van der Waals surface area contributed by atoms with E-state index in [0.29, 0.717) is 16.1 Å². The first-order valence-electron chi connectivity index (χ1n) is 10.1. The van der Waals surface area contributed by atoms with Crippen LogP contribution in [0.25, 0.3) is 0 Å². The van der Waals surface area contributed by atoms with Crippen LogP contribution in [0.3, 0.4) is 0 Å². The smallest absolute Gasteiger partial charge is 0.338 e. The molecule has 34 heavy (non-hydrogen) atoms. The molecule has 0 aromatic heterocycles. The number of aromatic carboxylic acids is 1. The van der Waals surface area contributed by atoms with Gasteiger partial charge in [-0.3, -0.25) is 9.10 Å². The summed E-state index contributed by atoms with van der Waals surface area (Å²) in [4.78, 5) is 23.9. The molecule has 2 N–H and O–H groups in total. The normalized spacial score (nSPS) is 11.2. The second-order valence-corrected chi connectivity index (χ2v) is 9.87. The number of nitrogens with one attached hydrogen (secondary N) is 1. The number of nitrogens with zero attached hydrogens (tertiary/aromatic N) is 1. The van der Waals surface area contributed by atoms with Crippen LogP contribution in [-0.2, 0) is 21.4 Å². The van der Waals surface area contributed by atoms with Crippen LogP contribution in [0, 0.1) is 19.7 Å². The molecule has 0 spiro atoms. The van der Waals surface area contributed by atoms with E-state index in [-0.39, 0.29) is 17.1 Å². The molecule has 0 radical (unpaired) electrons. The third kappa shape index (κ3) is 5.55. The molecule has 1 amide bonds. The Morgan fingerprint density at radius 2 is 1.74 bits per heavy atom. The van der Waals surface area contributed by atoms with Crippen molar-refractivity contribution in [1.82, 2.24) is 5.32 Å². The van der Waals surface area contributed by atoms with Crippen molar-refractivity contribution < 1.29 is 27.5 Å². The van der Waals surface area contributed by atoms with Gasteiger partial charge in [-0.2, -0.15) is 0 Å². The molecule has 0 atom stereocenters. The Labute approximate surface area is 201 Å². The van der Waals surface area contributed by atoms with Crippen LogP contribution in [0.15, 0.2) is 65.6 Å². The molecule has 0 fully saturated rings. The van der Waals surface area contributed by atoms with Crippen LogP contribution in [0.5, 0.6) is 0 Å². The van der Waals surface area contributed by atoms with E-state index in [9.17, 15) is 22.4 Å². The van der Waals surface area contributed by atoms with E-state index in [4.69, 9.17) is 16.7 Å². The highest BCUT2D eigenvalue weighted by molar-refractivity contribution is 7.92. The van der Waals surface area contributed by atoms with Crippen LogP contribution in [0.2, 0.25) is 5.02 Å². The number of hydrogen-bond acceptors (Lipinski definition) is 4. The summed E-state index contributed by atoms with van der Waals surface area (Å²) < 4.78 is 41.5. The molecule has 0 bridgehead atoms. The summed E-state index contributed by atoms with van der Waals surface area (Å²) in [5, 5.41) is 12.0.